The van der Waals surface area contributed by atoms with Crippen LogP contribution in [0.3, 0.4) is 0 Å². The van der Waals surface area contributed by atoms with Gasteiger partial charge in [0, 0.05) is 29.7 Å². The van der Waals surface area contributed by atoms with Crippen molar-refractivity contribution >= 4 is 27.0 Å². The summed E-state index contributed by atoms with van der Waals surface area (Å²) in [5.74, 6) is 0. The lowest BCUT2D eigenvalue weighted by Gasteiger charge is -2.11. The lowest BCUT2D eigenvalue weighted by atomic mass is 10.1. The lowest BCUT2D eigenvalue weighted by molar-refractivity contribution is 0.580. The molecule has 5 nitrogen and oxygen atoms in total. The van der Waals surface area contributed by atoms with E-state index in [1.807, 2.05) is 19.2 Å². The van der Waals surface area contributed by atoms with Crippen LogP contribution in [0.5, 0.6) is 0 Å². The van der Waals surface area contributed by atoms with E-state index in [0.29, 0.717) is 25.1 Å². The number of aromatic nitrogens is 1. The number of hydrogen-bond donors (Lipinski definition) is 2. The third-order valence-electron chi connectivity index (χ3n) is 3.06. The molecular weight excluding hydrogens is 306 g/mol. The van der Waals surface area contributed by atoms with E-state index in [2.05, 4.69) is 9.71 Å². The highest BCUT2D eigenvalue weighted by atomic mass is 32.2. The van der Waals surface area contributed by atoms with Gasteiger partial charge in [-0.1, -0.05) is 13.0 Å². The molecule has 0 spiro atoms. The molecule has 0 unspecified atom stereocenters. The lowest BCUT2D eigenvalue weighted by Crippen LogP contribution is -2.27. The maximum absolute atomic E-state index is 12.4. The molecule has 0 aliphatic heterocycles. The summed E-state index contributed by atoms with van der Waals surface area (Å²) in [5.41, 5.74) is 7.87. The fraction of sp³-hybridized carbons (Fsp3) is 0.357. The Kier molecular flexibility index (Phi) is 4.97. The number of thiazole rings is 1. The molecule has 1 heterocycles. The quantitative estimate of drug-likeness (QED) is 0.797. The molecule has 21 heavy (non-hydrogen) atoms. The van der Waals surface area contributed by atoms with Crippen LogP contribution in [0.2, 0.25) is 0 Å². The smallest absolute Gasteiger partial charge is 0.240 e. The van der Waals surface area contributed by atoms with Crippen molar-refractivity contribution in [1.82, 2.24) is 9.71 Å². The number of nitrogens with zero attached hydrogens (tertiary/aromatic N) is 1. The molecule has 114 valence electrons. The summed E-state index contributed by atoms with van der Waals surface area (Å²) in [6, 6.07) is 4.99. The second kappa shape index (κ2) is 6.55. The Hall–Kier alpha value is -1.44. The zero-order valence-electron chi connectivity index (χ0n) is 12.1. The molecule has 2 rings (SSSR count). The van der Waals surface area contributed by atoms with Gasteiger partial charge in [0.1, 0.15) is 0 Å². The summed E-state index contributed by atoms with van der Waals surface area (Å²) in [7, 11) is -3.54. The van der Waals surface area contributed by atoms with Gasteiger partial charge in [0.2, 0.25) is 10.0 Å². The second-order valence-electron chi connectivity index (χ2n) is 4.75. The van der Waals surface area contributed by atoms with Crippen molar-refractivity contribution in [2.45, 2.75) is 31.6 Å². The van der Waals surface area contributed by atoms with E-state index in [-0.39, 0.29) is 4.90 Å². The zero-order chi connectivity index (χ0) is 15.5. The molecule has 0 fully saturated rings. The van der Waals surface area contributed by atoms with Gasteiger partial charge in [-0.2, -0.15) is 0 Å². The summed E-state index contributed by atoms with van der Waals surface area (Å²) >= 11 is 1.54. The molecule has 3 N–H and O–H groups in total. The van der Waals surface area contributed by atoms with Crippen LogP contribution in [-0.2, 0) is 22.9 Å². The van der Waals surface area contributed by atoms with Gasteiger partial charge >= 0.3 is 0 Å². The van der Waals surface area contributed by atoms with E-state index in [0.717, 1.165) is 16.3 Å². The van der Waals surface area contributed by atoms with E-state index in [1.165, 1.54) is 6.07 Å². The summed E-state index contributed by atoms with van der Waals surface area (Å²) in [4.78, 5) is 4.58. The number of rotatable bonds is 6. The molecule has 2 aromatic rings. The van der Waals surface area contributed by atoms with Crippen LogP contribution in [0.1, 0.15) is 23.2 Å². The van der Waals surface area contributed by atoms with Crippen LogP contribution >= 0.6 is 11.3 Å². The Morgan fingerprint density at radius 1 is 1.38 bits per heavy atom. The molecule has 1 aromatic heterocycles. The van der Waals surface area contributed by atoms with Crippen molar-refractivity contribution in [2.24, 2.45) is 0 Å². The Bertz CT molecular complexity index is 724. The molecule has 0 amide bonds. The van der Waals surface area contributed by atoms with E-state index >= 15 is 0 Å². The van der Waals surface area contributed by atoms with Gasteiger partial charge < -0.3 is 5.73 Å². The maximum atomic E-state index is 12.4. The number of anilines is 1. The van der Waals surface area contributed by atoms with Crippen molar-refractivity contribution in [2.75, 3.05) is 12.3 Å². The average Bonchev–Trinajstić information content (AvgIpc) is 2.84. The van der Waals surface area contributed by atoms with Gasteiger partial charge in [0.05, 0.1) is 9.90 Å². The van der Waals surface area contributed by atoms with Crippen LogP contribution in [0.4, 0.5) is 5.69 Å². The second-order valence-corrected chi connectivity index (χ2v) is 7.43. The van der Waals surface area contributed by atoms with Crippen molar-refractivity contribution in [3.8, 4) is 0 Å². The third-order valence-corrected chi connectivity index (χ3v) is 5.63. The summed E-state index contributed by atoms with van der Waals surface area (Å²) < 4.78 is 27.4. The molecule has 0 aliphatic carbocycles. The summed E-state index contributed by atoms with van der Waals surface area (Å²) in [6.07, 6.45) is 1.23. The van der Waals surface area contributed by atoms with Crippen molar-refractivity contribution < 1.29 is 8.42 Å². The Morgan fingerprint density at radius 2 is 2.14 bits per heavy atom. The number of nitrogens with one attached hydrogen (secondary N) is 1. The SMILES string of the molecule is CCc1ccc(N)cc1S(=O)(=O)NCCc1nc(C)cs1. The largest absolute Gasteiger partial charge is 0.399 e. The third kappa shape index (κ3) is 4.03. The fourth-order valence-corrected chi connectivity index (χ4v) is 4.15. The molecule has 1 aromatic carbocycles. The highest BCUT2D eigenvalue weighted by molar-refractivity contribution is 7.89. The minimum Gasteiger partial charge on any atom is -0.399 e. The summed E-state index contributed by atoms with van der Waals surface area (Å²) in [6.45, 7) is 4.17. The van der Waals surface area contributed by atoms with E-state index in [4.69, 9.17) is 5.73 Å². The zero-order valence-corrected chi connectivity index (χ0v) is 13.7. The molecule has 0 saturated heterocycles. The first-order valence-corrected chi connectivity index (χ1v) is 9.07. The van der Waals surface area contributed by atoms with Gasteiger partial charge in [-0.3, -0.25) is 0 Å². The van der Waals surface area contributed by atoms with Crippen molar-refractivity contribution in [3.63, 3.8) is 0 Å². The van der Waals surface area contributed by atoms with E-state index < -0.39 is 10.0 Å². The predicted molar refractivity (Wildman–Crippen MR) is 86.0 cm³/mol. The standard InChI is InChI=1S/C14H19N3O2S2/c1-3-11-4-5-12(15)8-13(11)21(18,19)16-7-6-14-17-10(2)9-20-14/h4-5,8-9,16H,3,6-7,15H2,1-2H3. The average molecular weight is 325 g/mol. The first-order valence-electron chi connectivity index (χ1n) is 6.71. The molecule has 0 saturated carbocycles. The number of benzene rings is 1. The Balaban J connectivity index is 2.09. The molecular formula is C14H19N3O2S2. The van der Waals surface area contributed by atoms with Crippen LogP contribution in [-0.4, -0.2) is 19.9 Å². The highest BCUT2D eigenvalue weighted by Gasteiger charge is 2.17. The molecule has 7 heteroatoms. The minimum absolute atomic E-state index is 0.264. The number of aryl methyl sites for hydroxylation is 2. The molecule has 0 radical (unpaired) electrons. The predicted octanol–water partition coefficient (Wildman–Crippen LogP) is 2.12. The molecule has 0 aliphatic rings. The number of nitrogen functional groups attached to an aromatic ring is 1. The van der Waals surface area contributed by atoms with Crippen molar-refractivity contribution in [1.29, 1.82) is 0 Å². The van der Waals surface area contributed by atoms with Gasteiger partial charge in [0.25, 0.3) is 0 Å². The normalized spacial score (nSPS) is 11.7. The Morgan fingerprint density at radius 3 is 2.76 bits per heavy atom. The van der Waals surface area contributed by atoms with Gasteiger partial charge in [-0.05, 0) is 31.0 Å². The number of nitrogens with two attached hydrogens (primary N) is 1. The van der Waals surface area contributed by atoms with Crippen LogP contribution in [0.25, 0.3) is 0 Å². The Labute approximate surface area is 129 Å². The monoisotopic (exact) mass is 325 g/mol. The van der Waals surface area contributed by atoms with Crippen molar-refractivity contribution in [3.05, 3.63) is 39.8 Å². The van der Waals surface area contributed by atoms with Gasteiger partial charge in [-0.25, -0.2) is 18.1 Å². The number of sulfonamides is 1. The van der Waals surface area contributed by atoms with Crippen LogP contribution in [0.15, 0.2) is 28.5 Å². The first kappa shape index (κ1) is 15.9. The van der Waals surface area contributed by atoms with E-state index in [9.17, 15) is 8.42 Å². The fourth-order valence-electron chi connectivity index (χ4n) is 2.00. The van der Waals surface area contributed by atoms with E-state index in [1.54, 1.807) is 23.5 Å². The van der Waals surface area contributed by atoms with Crippen LogP contribution < -0.4 is 10.5 Å². The highest BCUT2D eigenvalue weighted by Crippen LogP contribution is 2.19. The van der Waals surface area contributed by atoms with Gasteiger partial charge in [-0.15, -0.1) is 11.3 Å². The van der Waals surface area contributed by atoms with Gasteiger partial charge in [0.15, 0.2) is 0 Å². The maximum Gasteiger partial charge on any atom is 0.240 e. The molecule has 0 atom stereocenters. The number of hydrogen-bond acceptors (Lipinski definition) is 5. The minimum atomic E-state index is -3.54. The van der Waals surface area contributed by atoms with Crippen LogP contribution in [0, 0.1) is 6.92 Å². The first-order chi connectivity index (χ1) is 9.92. The summed E-state index contributed by atoms with van der Waals surface area (Å²) in [5, 5.41) is 2.88. The molecule has 0 bridgehead atoms. The topological polar surface area (TPSA) is 85.1 Å².